The maximum atomic E-state index is 12.8. The number of anilines is 3. The van der Waals surface area contributed by atoms with E-state index in [2.05, 4.69) is 36.5 Å². The molecule has 200 valence electrons. The van der Waals surface area contributed by atoms with Crippen molar-refractivity contribution in [3.8, 4) is 17.0 Å². The third-order valence-corrected chi connectivity index (χ3v) is 6.12. The van der Waals surface area contributed by atoms with Gasteiger partial charge in [-0.2, -0.15) is 5.10 Å². The van der Waals surface area contributed by atoms with Crippen LogP contribution in [-0.2, 0) is 21.5 Å². The standard InChI is InChI=1S/C24H28N8O5S/c1-25-24(35)20-17(12-19(28-29-20)27-22(33)13-9-10-13)26-15-8-6-7-14(21(15)37-3)16-11-18(32(2)30-16)23(34)31-38(4,5)36/h6-8,11-13H,4,9-10H2,1-3,5H3,(H,25,35)(H,31,34,36)(H2,26,27,28,33)/i1D3. The summed E-state index contributed by atoms with van der Waals surface area (Å²) in [6, 6.07) is 7.82. The molecule has 3 aromatic rings. The van der Waals surface area contributed by atoms with Gasteiger partial charge in [0.05, 0.1) is 24.2 Å². The van der Waals surface area contributed by atoms with Crippen LogP contribution in [-0.4, -0.2) is 68.1 Å². The fraction of sp³-hybridized carbons (Fsp3) is 0.292. The summed E-state index contributed by atoms with van der Waals surface area (Å²) in [7, 11) is 0.138. The molecule has 4 rings (SSSR count). The van der Waals surface area contributed by atoms with E-state index in [1.165, 1.54) is 30.2 Å². The molecule has 1 saturated carbocycles. The van der Waals surface area contributed by atoms with E-state index in [-0.39, 0.29) is 40.5 Å². The second-order valence-electron chi connectivity index (χ2n) is 8.70. The van der Waals surface area contributed by atoms with Crippen molar-refractivity contribution in [2.75, 3.05) is 31.0 Å². The van der Waals surface area contributed by atoms with Crippen LogP contribution in [0.15, 0.2) is 30.3 Å². The van der Waals surface area contributed by atoms with Crippen LogP contribution in [0.1, 0.15) is 37.9 Å². The number of hydrogen-bond donors (Lipinski definition) is 4. The predicted molar refractivity (Wildman–Crippen MR) is 144 cm³/mol. The highest BCUT2D eigenvalue weighted by molar-refractivity contribution is 7.98. The average molecular weight is 544 g/mol. The molecule has 38 heavy (non-hydrogen) atoms. The van der Waals surface area contributed by atoms with Gasteiger partial charge in [-0.05, 0) is 36.9 Å². The zero-order valence-electron chi connectivity index (χ0n) is 23.8. The lowest BCUT2D eigenvalue weighted by Gasteiger charge is -2.16. The molecule has 0 bridgehead atoms. The number of para-hydroxylation sites is 1. The third-order valence-electron chi connectivity index (χ3n) is 5.51. The molecule has 0 spiro atoms. The Bertz CT molecular complexity index is 1630. The van der Waals surface area contributed by atoms with Gasteiger partial charge in [0.1, 0.15) is 5.69 Å². The summed E-state index contributed by atoms with van der Waals surface area (Å²) in [6.45, 7) is -2.78. The number of rotatable bonds is 9. The molecular formula is C24H28N8O5S. The van der Waals surface area contributed by atoms with E-state index in [1.54, 1.807) is 25.2 Å². The minimum atomic E-state index is -2.81. The molecule has 1 unspecified atom stereocenters. The molecule has 1 aliphatic carbocycles. The van der Waals surface area contributed by atoms with E-state index < -0.39 is 28.5 Å². The number of aromatic nitrogens is 4. The molecule has 14 heteroatoms. The average Bonchev–Trinajstić information content (AvgIpc) is 3.63. The Kier molecular flexibility index (Phi) is 6.27. The van der Waals surface area contributed by atoms with Crippen LogP contribution in [0.25, 0.3) is 11.3 Å². The van der Waals surface area contributed by atoms with E-state index >= 15 is 0 Å². The number of carbonyl (C=O) groups is 3. The Morgan fingerprint density at radius 2 is 1.95 bits per heavy atom. The van der Waals surface area contributed by atoms with Crippen LogP contribution in [0.5, 0.6) is 5.75 Å². The molecule has 13 nitrogen and oxygen atoms in total. The van der Waals surface area contributed by atoms with Crippen LogP contribution in [0.3, 0.4) is 0 Å². The molecule has 3 amide bonds. The van der Waals surface area contributed by atoms with Gasteiger partial charge >= 0.3 is 0 Å². The SMILES string of the molecule is [2H]C([2H])([2H])NC(=O)c1nnc(NC(=O)C2CC2)cc1Nc1cccc(-c2cc(C(=O)NS(=C)(C)=O)n(C)n2)c1OC. The molecule has 0 aliphatic heterocycles. The van der Waals surface area contributed by atoms with Crippen LogP contribution in [0, 0.1) is 5.92 Å². The maximum Gasteiger partial charge on any atom is 0.280 e. The van der Waals surface area contributed by atoms with E-state index in [0.717, 1.165) is 12.8 Å². The minimum absolute atomic E-state index is 0.0394. The van der Waals surface area contributed by atoms with Crippen molar-refractivity contribution in [1.82, 2.24) is 30.0 Å². The molecule has 2 heterocycles. The van der Waals surface area contributed by atoms with E-state index in [0.29, 0.717) is 16.9 Å². The van der Waals surface area contributed by atoms with Crippen LogP contribution < -0.4 is 25.4 Å². The van der Waals surface area contributed by atoms with Gasteiger partial charge in [0.25, 0.3) is 11.8 Å². The van der Waals surface area contributed by atoms with Gasteiger partial charge in [-0.15, -0.1) is 10.2 Å². The minimum Gasteiger partial charge on any atom is -0.494 e. The Hall–Kier alpha value is -4.46. The number of ether oxygens (including phenoxy) is 1. The number of nitrogens with zero attached hydrogens (tertiary/aromatic N) is 4. The maximum absolute atomic E-state index is 12.8. The summed E-state index contributed by atoms with van der Waals surface area (Å²) in [6.07, 6.45) is 2.82. The van der Waals surface area contributed by atoms with Gasteiger partial charge in [0.15, 0.2) is 17.3 Å². The Labute approximate surface area is 223 Å². The van der Waals surface area contributed by atoms with Crippen molar-refractivity contribution in [3.63, 3.8) is 0 Å². The van der Waals surface area contributed by atoms with Gasteiger partial charge in [-0.1, -0.05) is 6.07 Å². The molecule has 1 atom stereocenters. The zero-order chi connectivity index (χ0) is 30.1. The van der Waals surface area contributed by atoms with Crippen molar-refractivity contribution < 1.29 is 27.4 Å². The second-order valence-corrected chi connectivity index (χ2v) is 10.9. The number of hydrogen-bond acceptors (Lipinski definition) is 9. The van der Waals surface area contributed by atoms with Crippen LogP contribution in [0.2, 0.25) is 0 Å². The molecule has 1 aromatic carbocycles. The van der Waals surface area contributed by atoms with E-state index in [1.807, 2.05) is 5.32 Å². The molecule has 4 N–H and O–H groups in total. The Balaban J connectivity index is 1.72. The highest BCUT2D eigenvalue weighted by Crippen LogP contribution is 2.38. The summed E-state index contributed by atoms with van der Waals surface area (Å²) in [5, 5.41) is 19.7. The first kappa shape index (κ1) is 22.7. The monoisotopic (exact) mass is 543 g/mol. The van der Waals surface area contributed by atoms with Crippen molar-refractivity contribution in [2.45, 2.75) is 12.8 Å². The quantitative estimate of drug-likeness (QED) is 0.291. The number of nitrogens with one attached hydrogen (secondary N) is 4. The fourth-order valence-electron chi connectivity index (χ4n) is 3.61. The summed E-state index contributed by atoms with van der Waals surface area (Å²) < 4.78 is 43.4. The zero-order valence-corrected chi connectivity index (χ0v) is 21.6. The van der Waals surface area contributed by atoms with Crippen molar-refractivity contribution >= 4 is 50.5 Å². The smallest absolute Gasteiger partial charge is 0.280 e. The normalized spacial score (nSPS) is 15.7. The molecule has 2 aromatic heterocycles. The fourth-order valence-corrected chi connectivity index (χ4v) is 4.11. The highest BCUT2D eigenvalue weighted by atomic mass is 32.2. The van der Waals surface area contributed by atoms with Crippen LogP contribution >= 0.6 is 0 Å². The number of amides is 3. The number of carbonyl (C=O) groups excluding carboxylic acids is 3. The number of methoxy groups -OCH3 is 1. The first-order valence-electron chi connectivity index (χ1n) is 12.8. The van der Waals surface area contributed by atoms with Gasteiger partial charge in [0, 0.05) is 51.6 Å². The summed E-state index contributed by atoms with van der Waals surface area (Å²) in [4.78, 5) is 37.6. The van der Waals surface area contributed by atoms with Gasteiger partial charge < -0.3 is 20.7 Å². The summed E-state index contributed by atoms with van der Waals surface area (Å²) in [5.74, 6) is 1.74. The van der Waals surface area contributed by atoms with Crippen molar-refractivity contribution in [1.29, 1.82) is 0 Å². The molecule has 1 fully saturated rings. The second kappa shape index (κ2) is 10.5. The van der Waals surface area contributed by atoms with Gasteiger partial charge in [-0.3, -0.25) is 23.8 Å². The van der Waals surface area contributed by atoms with E-state index in [9.17, 15) is 18.6 Å². The lowest BCUT2D eigenvalue weighted by molar-refractivity contribution is -0.117. The topological polar surface area (TPSA) is 169 Å². The number of aryl methyl sites for hydroxylation is 1. The molecule has 0 radical (unpaired) electrons. The predicted octanol–water partition coefficient (Wildman–Crippen LogP) is 1.33. The van der Waals surface area contributed by atoms with Crippen molar-refractivity contribution in [2.24, 2.45) is 13.0 Å². The Morgan fingerprint density at radius 1 is 1.18 bits per heavy atom. The van der Waals surface area contributed by atoms with Gasteiger partial charge in [0.2, 0.25) is 5.91 Å². The van der Waals surface area contributed by atoms with Crippen molar-refractivity contribution in [3.05, 3.63) is 41.7 Å². The first-order chi connectivity index (χ1) is 19.1. The van der Waals surface area contributed by atoms with Crippen LogP contribution in [0.4, 0.5) is 17.2 Å². The molecule has 0 saturated heterocycles. The third kappa shape index (κ3) is 5.91. The number of benzene rings is 1. The first-order valence-corrected chi connectivity index (χ1v) is 13.4. The molecular weight excluding hydrogens is 512 g/mol. The molecule has 1 aliphatic rings. The van der Waals surface area contributed by atoms with E-state index in [4.69, 9.17) is 8.85 Å². The highest BCUT2D eigenvalue weighted by Gasteiger charge is 2.30. The summed E-state index contributed by atoms with van der Waals surface area (Å²) in [5.41, 5.74) is 0.943. The lowest BCUT2D eigenvalue weighted by Crippen LogP contribution is -2.30. The largest absolute Gasteiger partial charge is 0.494 e. The van der Waals surface area contributed by atoms with Gasteiger partial charge in [-0.25, -0.2) is 4.21 Å². The Morgan fingerprint density at radius 3 is 2.61 bits per heavy atom. The lowest BCUT2D eigenvalue weighted by atomic mass is 10.1. The summed E-state index contributed by atoms with van der Waals surface area (Å²) >= 11 is 0.